The maximum atomic E-state index is 12.7. The summed E-state index contributed by atoms with van der Waals surface area (Å²) in [6, 6.07) is 8.30. The van der Waals surface area contributed by atoms with Crippen LogP contribution in [0.5, 0.6) is 5.75 Å². The predicted molar refractivity (Wildman–Crippen MR) is 125 cm³/mol. The number of benzene rings is 2. The summed E-state index contributed by atoms with van der Waals surface area (Å²) in [7, 11) is 0. The minimum atomic E-state index is -0.834. The number of hydrogen-bond acceptors (Lipinski definition) is 6. The van der Waals surface area contributed by atoms with Gasteiger partial charge in [0.15, 0.2) is 0 Å². The Morgan fingerprint density at radius 1 is 1.16 bits per heavy atom. The van der Waals surface area contributed by atoms with E-state index in [1.54, 1.807) is 18.2 Å². The van der Waals surface area contributed by atoms with Gasteiger partial charge in [-0.15, -0.1) is 0 Å². The molecular formula is C22H26Cl2N4O3. The molecule has 3 N–H and O–H groups in total. The summed E-state index contributed by atoms with van der Waals surface area (Å²) in [5, 5.41) is 24.7. The maximum Gasteiger partial charge on any atom is 0.261 e. The van der Waals surface area contributed by atoms with Crippen LogP contribution in [0.15, 0.2) is 41.5 Å². The fourth-order valence-corrected chi connectivity index (χ4v) is 3.64. The number of hydrogen-bond donors (Lipinski definition) is 3. The van der Waals surface area contributed by atoms with Gasteiger partial charge in [0.25, 0.3) is 5.56 Å². The Bertz CT molecular complexity index is 1120. The summed E-state index contributed by atoms with van der Waals surface area (Å²) >= 11 is 12.0. The van der Waals surface area contributed by atoms with Crippen LogP contribution >= 0.6 is 23.2 Å². The van der Waals surface area contributed by atoms with Crippen LogP contribution in [-0.2, 0) is 13.1 Å². The predicted octanol–water partition coefficient (Wildman–Crippen LogP) is 3.72. The second-order valence-electron chi connectivity index (χ2n) is 7.33. The van der Waals surface area contributed by atoms with Gasteiger partial charge in [-0.1, -0.05) is 37.0 Å². The fraction of sp³-hybridized carbons (Fsp3) is 0.364. The first-order valence-corrected chi connectivity index (χ1v) is 10.9. The van der Waals surface area contributed by atoms with Crippen molar-refractivity contribution in [1.29, 1.82) is 0 Å². The number of nitrogens with one attached hydrogen (secondary N) is 1. The number of phenols is 1. The summed E-state index contributed by atoms with van der Waals surface area (Å²) < 4.78 is 1.35. The van der Waals surface area contributed by atoms with E-state index in [0.717, 1.165) is 24.3 Å². The molecule has 31 heavy (non-hydrogen) atoms. The second kappa shape index (κ2) is 10.3. The first-order chi connectivity index (χ1) is 14.8. The summed E-state index contributed by atoms with van der Waals surface area (Å²) in [5.74, 6) is 0.241. The van der Waals surface area contributed by atoms with Crippen molar-refractivity contribution in [2.75, 3.05) is 25.0 Å². The van der Waals surface area contributed by atoms with E-state index in [2.05, 4.69) is 29.0 Å². The third kappa shape index (κ3) is 5.68. The van der Waals surface area contributed by atoms with Gasteiger partial charge in [-0.3, -0.25) is 14.3 Å². The lowest BCUT2D eigenvalue weighted by Crippen LogP contribution is -2.31. The molecule has 0 fully saturated rings. The molecule has 9 heteroatoms. The summed E-state index contributed by atoms with van der Waals surface area (Å²) in [6.45, 7) is 6.86. The van der Waals surface area contributed by atoms with E-state index in [-0.39, 0.29) is 29.4 Å². The highest BCUT2D eigenvalue weighted by atomic mass is 35.5. The van der Waals surface area contributed by atoms with E-state index < -0.39 is 6.10 Å². The SMILES string of the molecule is CCN(CC)Cc1cc(NCC(O)Cn2cnc3cc(Cl)c(Cl)cc3c2=O)ccc1O. The van der Waals surface area contributed by atoms with Crippen LogP contribution in [0.4, 0.5) is 5.69 Å². The second-order valence-corrected chi connectivity index (χ2v) is 8.14. The monoisotopic (exact) mass is 464 g/mol. The van der Waals surface area contributed by atoms with Crippen LogP contribution in [0.25, 0.3) is 10.9 Å². The van der Waals surface area contributed by atoms with Crippen molar-refractivity contribution in [3.05, 3.63) is 62.6 Å². The van der Waals surface area contributed by atoms with Gasteiger partial charge in [0, 0.05) is 24.3 Å². The molecule has 0 saturated heterocycles. The molecule has 1 unspecified atom stereocenters. The lowest BCUT2D eigenvalue weighted by Gasteiger charge is -2.20. The van der Waals surface area contributed by atoms with Gasteiger partial charge in [0.05, 0.1) is 39.9 Å². The minimum Gasteiger partial charge on any atom is -0.508 e. The van der Waals surface area contributed by atoms with Gasteiger partial charge >= 0.3 is 0 Å². The van der Waals surface area contributed by atoms with E-state index in [1.807, 2.05) is 6.07 Å². The average Bonchev–Trinajstić information content (AvgIpc) is 2.75. The number of nitrogens with zero attached hydrogens (tertiary/aromatic N) is 3. The lowest BCUT2D eigenvalue weighted by atomic mass is 10.1. The molecule has 0 aliphatic rings. The van der Waals surface area contributed by atoms with Gasteiger partial charge in [-0.25, -0.2) is 4.98 Å². The van der Waals surface area contributed by atoms with Crippen molar-refractivity contribution >= 4 is 39.8 Å². The Balaban J connectivity index is 1.68. The Labute approximate surface area is 190 Å². The zero-order valence-corrected chi connectivity index (χ0v) is 19.0. The number of aromatic hydroxyl groups is 1. The van der Waals surface area contributed by atoms with Gasteiger partial charge < -0.3 is 15.5 Å². The van der Waals surface area contributed by atoms with Crippen LogP contribution in [0.3, 0.4) is 0 Å². The highest BCUT2D eigenvalue weighted by molar-refractivity contribution is 6.42. The van der Waals surface area contributed by atoms with Gasteiger partial charge in [-0.2, -0.15) is 0 Å². The highest BCUT2D eigenvalue weighted by Gasteiger charge is 2.12. The van der Waals surface area contributed by atoms with Crippen LogP contribution in [0.2, 0.25) is 10.0 Å². The van der Waals surface area contributed by atoms with Crippen molar-refractivity contribution in [3.8, 4) is 5.75 Å². The number of anilines is 1. The molecule has 0 saturated carbocycles. The number of fused-ring (bicyclic) bond motifs is 1. The maximum absolute atomic E-state index is 12.7. The van der Waals surface area contributed by atoms with Crippen LogP contribution in [0.1, 0.15) is 19.4 Å². The molecular weight excluding hydrogens is 439 g/mol. The fourth-order valence-electron chi connectivity index (χ4n) is 3.32. The van der Waals surface area contributed by atoms with E-state index in [0.29, 0.717) is 22.5 Å². The van der Waals surface area contributed by atoms with Gasteiger partial charge in [0.1, 0.15) is 5.75 Å². The number of aliphatic hydroxyl groups is 1. The Morgan fingerprint density at radius 2 is 1.87 bits per heavy atom. The molecule has 1 aromatic heterocycles. The van der Waals surface area contributed by atoms with E-state index in [9.17, 15) is 15.0 Å². The first kappa shape index (κ1) is 23.3. The third-order valence-corrected chi connectivity index (χ3v) is 5.91. The van der Waals surface area contributed by atoms with E-state index >= 15 is 0 Å². The van der Waals surface area contributed by atoms with Gasteiger partial charge in [0.2, 0.25) is 0 Å². The van der Waals surface area contributed by atoms with Crippen molar-refractivity contribution in [2.45, 2.75) is 33.0 Å². The van der Waals surface area contributed by atoms with Crippen LogP contribution < -0.4 is 10.9 Å². The number of halogens is 2. The minimum absolute atomic E-state index is 0.0689. The summed E-state index contributed by atoms with van der Waals surface area (Å²) in [4.78, 5) is 19.1. The number of rotatable bonds is 9. The molecule has 0 aliphatic heterocycles. The zero-order valence-electron chi connectivity index (χ0n) is 17.5. The normalized spacial score (nSPS) is 12.5. The quantitative estimate of drug-likeness (QED) is 0.418. The Morgan fingerprint density at radius 3 is 2.58 bits per heavy atom. The summed E-state index contributed by atoms with van der Waals surface area (Å²) in [6.07, 6.45) is 0.556. The number of phenolic OH excluding ortho intramolecular Hbond substituents is 1. The molecule has 0 bridgehead atoms. The molecule has 1 atom stereocenters. The molecule has 7 nitrogen and oxygen atoms in total. The van der Waals surface area contributed by atoms with Crippen LogP contribution in [0, 0.1) is 0 Å². The average molecular weight is 465 g/mol. The molecule has 0 aliphatic carbocycles. The molecule has 3 rings (SSSR count). The van der Waals surface area contributed by atoms with Crippen molar-refractivity contribution in [1.82, 2.24) is 14.5 Å². The smallest absolute Gasteiger partial charge is 0.261 e. The van der Waals surface area contributed by atoms with Crippen molar-refractivity contribution in [2.24, 2.45) is 0 Å². The molecule has 3 aromatic rings. The molecule has 166 valence electrons. The molecule has 0 radical (unpaired) electrons. The number of aliphatic hydroxyl groups excluding tert-OH is 1. The first-order valence-electron chi connectivity index (χ1n) is 10.1. The van der Waals surface area contributed by atoms with Crippen molar-refractivity contribution in [3.63, 3.8) is 0 Å². The van der Waals surface area contributed by atoms with Crippen molar-refractivity contribution < 1.29 is 10.2 Å². The van der Waals surface area contributed by atoms with E-state index in [4.69, 9.17) is 23.2 Å². The molecule has 0 spiro atoms. The standard InChI is InChI=1S/C22H26Cl2N4O3/c1-3-27(4-2)11-14-7-15(5-6-21(14)30)25-10-16(29)12-28-13-26-20-9-19(24)18(23)8-17(20)22(28)31/h5-9,13,16,25,29-30H,3-4,10-12H2,1-2H3. The van der Waals surface area contributed by atoms with Crippen LogP contribution in [-0.4, -0.2) is 50.4 Å². The Hall–Kier alpha value is -2.32. The third-order valence-electron chi connectivity index (χ3n) is 5.18. The topological polar surface area (TPSA) is 90.6 Å². The zero-order chi connectivity index (χ0) is 22.5. The van der Waals surface area contributed by atoms with E-state index in [1.165, 1.54) is 17.0 Å². The lowest BCUT2D eigenvalue weighted by molar-refractivity contribution is 0.165. The highest BCUT2D eigenvalue weighted by Crippen LogP contribution is 2.25. The molecule has 0 amide bonds. The largest absolute Gasteiger partial charge is 0.508 e. The molecule has 2 aromatic carbocycles. The van der Waals surface area contributed by atoms with Gasteiger partial charge in [-0.05, 0) is 43.4 Å². The summed E-state index contributed by atoms with van der Waals surface area (Å²) in [5.41, 5.74) is 1.75. The Kier molecular flexibility index (Phi) is 7.78. The number of aromatic nitrogens is 2. The molecule has 1 heterocycles.